The fraction of sp³-hybridized carbons (Fsp3) is 0.700. The van der Waals surface area contributed by atoms with Crippen molar-refractivity contribution in [1.29, 1.82) is 0 Å². The lowest BCUT2D eigenvalue weighted by Gasteiger charge is -2.30. The van der Waals surface area contributed by atoms with Crippen molar-refractivity contribution in [2.24, 2.45) is 5.73 Å². The number of sulfonamides is 1. The highest BCUT2D eigenvalue weighted by molar-refractivity contribution is 7.89. The lowest BCUT2D eigenvalue weighted by molar-refractivity contribution is 0.00444. The largest absolute Gasteiger partial charge is 0.374 e. The van der Waals surface area contributed by atoms with Crippen molar-refractivity contribution in [2.45, 2.75) is 24.6 Å². The van der Waals surface area contributed by atoms with Gasteiger partial charge >= 0.3 is 0 Å². The van der Waals surface area contributed by atoms with Crippen LogP contribution in [0.4, 0.5) is 0 Å². The molecule has 19 heavy (non-hydrogen) atoms. The summed E-state index contributed by atoms with van der Waals surface area (Å²) in [4.78, 5) is 3.95. The van der Waals surface area contributed by atoms with Gasteiger partial charge in [0.25, 0.3) is 10.0 Å². The summed E-state index contributed by atoms with van der Waals surface area (Å²) < 4.78 is 33.1. The fourth-order valence-electron chi connectivity index (χ4n) is 1.83. The highest BCUT2D eigenvalue weighted by Gasteiger charge is 2.31. The van der Waals surface area contributed by atoms with E-state index >= 15 is 0 Å². The molecule has 0 amide bonds. The number of halogens is 1. The van der Waals surface area contributed by atoms with E-state index in [4.69, 9.17) is 10.5 Å². The fourth-order valence-corrected chi connectivity index (χ4v) is 3.22. The average Bonchev–Trinajstić information content (AvgIpc) is 2.88. The highest BCUT2D eigenvalue weighted by Crippen LogP contribution is 2.16. The minimum Gasteiger partial charge on any atom is -0.374 e. The molecule has 2 rings (SSSR count). The topological polar surface area (TPSA) is 90.5 Å². The highest BCUT2D eigenvalue weighted by atomic mass is 35.5. The SMILES string of the molecule is CCn1cnc(S(=O)(=O)N2CCOC(CN)C2)c1.Cl. The van der Waals surface area contributed by atoms with Gasteiger partial charge in [-0.05, 0) is 6.92 Å². The van der Waals surface area contributed by atoms with E-state index in [-0.39, 0.29) is 30.1 Å². The lowest BCUT2D eigenvalue weighted by Crippen LogP contribution is -2.48. The normalized spacial score (nSPS) is 21.1. The zero-order valence-corrected chi connectivity index (χ0v) is 12.4. The predicted octanol–water partition coefficient (Wildman–Crippen LogP) is -0.327. The van der Waals surface area contributed by atoms with Crippen LogP contribution < -0.4 is 5.73 Å². The molecule has 110 valence electrons. The number of rotatable bonds is 4. The van der Waals surface area contributed by atoms with E-state index in [1.807, 2.05) is 6.92 Å². The molecule has 0 spiro atoms. The Balaban J connectivity index is 0.00000180. The first-order valence-corrected chi connectivity index (χ1v) is 7.35. The van der Waals surface area contributed by atoms with E-state index in [0.29, 0.717) is 26.2 Å². The summed E-state index contributed by atoms with van der Waals surface area (Å²) in [6.45, 7) is 3.94. The molecule has 1 aliphatic rings. The van der Waals surface area contributed by atoms with Gasteiger partial charge in [-0.15, -0.1) is 12.4 Å². The Bertz CT molecular complexity index is 505. The van der Waals surface area contributed by atoms with Crippen LogP contribution in [0.25, 0.3) is 0 Å². The number of ether oxygens (including phenoxy) is 1. The van der Waals surface area contributed by atoms with Crippen LogP contribution in [-0.2, 0) is 21.3 Å². The molecule has 1 atom stereocenters. The first-order chi connectivity index (χ1) is 8.57. The van der Waals surface area contributed by atoms with Crippen LogP contribution in [0.2, 0.25) is 0 Å². The van der Waals surface area contributed by atoms with Crippen molar-refractivity contribution >= 4 is 22.4 Å². The maximum absolute atomic E-state index is 12.3. The van der Waals surface area contributed by atoms with Crippen LogP contribution in [0, 0.1) is 0 Å². The van der Waals surface area contributed by atoms with Gasteiger partial charge in [0.15, 0.2) is 5.03 Å². The maximum Gasteiger partial charge on any atom is 0.262 e. The van der Waals surface area contributed by atoms with Gasteiger partial charge in [0.1, 0.15) is 0 Å². The van der Waals surface area contributed by atoms with Crippen LogP contribution in [-0.4, -0.2) is 54.6 Å². The number of nitrogens with two attached hydrogens (primary N) is 1. The molecule has 1 fully saturated rings. The predicted molar refractivity (Wildman–Crippen MR) is 72.7 cm³/mol. The first kappa shape index (κ1) is 16.4. The van der Waals surface area contributed by atoms with Gasteiger partial charge in [0.05, 0.1) is 19.0 Å². The number of aromatic nitrogens is 2. The van der Waals surface area contributed by atoms with E-state index in [9.17, 15) is 8.42 Å². The van der Waals surface area contributed by atoms with Crippen molar-refractivity contribution in [1.82, 2.24) is 13.9 Å². The summed E-state index contributed by atoms with van der Waals surface area (Å²) in [5.74, 6) is 0. The standard InChI is InChI=1S/C10H18N4O3S.ClH/c1-2-13-7-10(12-8-13)18(15,16)14-3-4-17-9(5-11)6-14;/h7-9H,2-6,11H2,1H3;1H. The third kappa shape index (κ3) is 3.46. The first-order valence-electron chi connectivity index (χ1n) is 5.91. The van der Waals surface area contributed by atoms with E-state index in [1.165, 1.54) is 10.6 Å². The molecule has 1 unspecified atom stereocenters. The van der Waals surface area contributed by atoms with E-state index < -0.39 is 10.0 Å². The summed E-state index contributed by atoms with van der Waals surface area (Å²) in [6.07, 6.45) is 2.83. The molecule has 2 heterocycles. The average molecular weight is 311 g/mol. The second kappa shape index (κ2) is 6.67. The molecule has 0 aliphatic carbocycles. The van der Waals surface area contributed by atoms with Gasteiger partial charge < -0.3 is 15.0 Å². The maximum atomic E-state index is 12.3. The van der Waals surface area contributed by atoms with Gasteiger partial charge in [0, 0.05) is 32.4 Å². The molecule has 0 saturated carbocycles. The summed E-state index contributed by atoms with van der Waals surface area (Å²) in [5.41, 5.74) is 5.51. The molecule has 1 aromatic heterocycles. The van der Waals surface area contributed by atoms with Gasteiger partial charge in [-0.25, -0.2) is 13.4 Å². The molecular formula is C10H19ClN4O3S. The van der Waals surface area contributed by atoms with Crippen molar-refractivity contribution in [3.63, 3.8) is 0 Å². The number of hydrogen-bond donors (Lipinski definition) is 1. The van der Waals surface area contributed by atoms with Crippen LogP contribution in [0.15, 0.2) is 17.6 Å². The monoisotopic (exact) mass is 310 g/mol. The lowest BCUT2D eigenvalue weighted by atomic mass is 10.3. The summed E-state index contributed by atoms with van der Waals surface area (Å²) in [5, 5.41) is 0.0852. The Morgan fingerprint density at radius 3 is 2.89 bits per heavy atom. The van der Waals surface area contributed by atoms with Gasteiger partial charge in [-0.2, -0.15) is 4.31 Å². The smallest absolute Gasteiger partial charge is 0.262 e. The van der Waals surface area contributed by atoms with Gasteiger partial charge in [-0.3, -0.25) is 0 Å². The molecule has 2 N–H and O–H groups in total. The van der Waals surface area contributed by atoms with Gasteiger partial charge in [0.2, 0.25) is 0 Å². The zero-order chi connectivity index (χ0) is 13.2. The third-order valence-corrected chi connectivity index (χ3v) is 4.69. The molecular weight excluding hydrogens is 292 g/mol. The van der Waals surface area contributed by atoms with Crippen molar-refractivity contribution in [2.75, 3.05) is 26.2 Å². The van der Waals surface area contributed by atoms with Crippen molar-refractivity contribution in [3.05, 3.63) is 12.5 Å². The number of nitrogens with zero attached hydrogens (tertiary/aromatic N) is 3. The molecule has 0 bridgehead atoms. The molecule has 1 aliphatic heterocycles. The quantitative estimate of drug-likeness (QED) is 0.822. The Hall–Kier alpha value is -0.670. The number of aryl methyl sites for hydroxylation is 1. The Morgan fingerprint density at radius 2 is 2.32 bits per heavy atom. The molecule has 9 heteroatoms. The minimum atomic E-state index is -3.53. The van der Waals surface area contributed by atoms with Crippen LogP contribution >= 0.6 is 12.4 Å². The Labute approximate surface area is 119 Å². The Kier molecular flexibility index (Phi) is 5.75. The van der Waals surface area contributed by atoms with Crippen molar-refractivity contribution < 1.29 is 13.2 Å². The summed E-state index contributed by atoms with van der Waals surface area (Å²) in [7, 11) is -3.53. The Morgan fingerprint density at radius 1 is 1.58 bits per heavy atom. The summed E-state index contributed by atoms with van der Waals surface area (Å²) >= 11 is 0. The van der Waals surface area contributed by atoms with E-state index in [0.717, 1.165) is 0 Å². The number of hydrogen-bond acceptors (Lipinski definition) is 5. The van der Waals surface area contributed by atoms with Crippen LogP contribution in [0.5, 0.6) is 0 Å². The van der Waals surface area contributed by atoms with Gasteiger partial charge in [-0.1, -0.05) is 0 Å². The molecule has 1 saturated heterocycles. The second-order valence-corrected chi connectivity index (χ2v) is 6.02. The number of imidazole rings is 1. The van der Waals surface area contributed by atoms with E-state index in [1.54, 1.807) is 10.8 Å². The van der Waals surface area contributed by atoms with Crippen molar-refractivity contribution in [3.8, 4) is 0 Å². The second-order valence-electron chi connectivity index (χ2n) is 4.13. The third-order valence-electron chi connectivity index (χ3n) is 2.94. The zero-order valence-electron chi connectivity index (χ0n) is 10.7. The van der Waals surface area contributed by atoms with E-state index in [2.05, 4.69) is 4.98 Å². The molecule has 7 nitrogen and oxygen atoms in total. The molecule has 1 aromatic rings. The van der Waals surface area contributed by atoms with Crippen LogP contribution in [0.3, 0.4) is 0 Å². The summed E-state index contributed by atoms with van der Waals surface area (Å²) in [6, 6.07) is 0. The molecule has 0 aromatic carbocycles. The minimum absolute atomic E-state index is 0. The molecule has 0 radical (unpaired) electrons. The van der Waals surface area contributed by atoms with Crippen LogP contribution in [0.1, 0.15) is 6.92 Å². The number of morpholine rings is 1.